The third kappa shape index (κ3) is 5.44. The van der Waals surface area contributed by atoms with Crippen LogP contribution < -0.4 is 10.2 Å². The van der Waals surface area contributed by atoms with Gasteiger partial charge in [-0.3, -0.25) is 4.90 Å². The van der Waals surface area contributed by atoms with Gasteiger partial charge in [-0.25, -0.2) is 4.98 Å². The highest BCUT2D eigenvalue weighted by atomic mass is 16.5. The molecule has 0 radical (unpaired) electrons. The molecule has 198 valence electrons. The van der Waals surface area contributed by atoms with E-state index in [0.29, 0.717) is 6.04 Å². The van der Waals surface area contributed by atoms with Crippen LogP contribution in [-0.4, -0.2) is 75.0 Å². The normalized spacial score (nSPS) is 21.6. The zero-order valence-corrected chi connectivity index (χ0v) is 21.7. The van der Waals surface area contributed by atoms with Crippen molar-refractivity contribution in [1.82, 2.24) is 24.4 Å². The molecule has 4 heterocycles. The summed E-state index contributed by atoms with van der Waals surface area (Å²) in [7, 11) is 0. The standard InChI is InChI=1S/C28H39N7O2/c36-16-12-24-7-3-4-13-34(24)28-31-26(25-27(32-28)35(20-29-25)23-5-1-2-6-23)30-22-10-8-21(9-11-22)19-33-14-17-37-18-15-33/h8-11,20,23-24,36H,1-7,12-19H2,(H,30,31,32). The summed E-state index contributed by atoms with van der Waals surface area (Å²) in [6, 6.07) is 9.37. The van der Waals surface area contributed by atoms with E-state index in [-0.39, 0.29) is 12.6 Å². The number of imidazole rings is 1. The minimum Gasteiger partial charge on any atom is -0.396 e. The topological polar surface area (TPSA) is 91.6 Å². The number of nitrogens with one attached hydrogen (secondary N) is 1. The molecule has 37 heavy (non-hydrogen) atoms. The number of rotatable bonds is 8. The number of ether oxygens (including phenoxy) is 1. The number of aliphatic hydroxyl groups excluding tert-OH is 1. The molecule has 2 N–H and O–H groups in total. The van der Waals surface area contributed by atoms with E-state index in [1.165, 1.54) is 37.7 Å². The van der Waals surface area contributed by atoms with Crippen LogP contribution in [0.5, 0.6) is 0 Å². The van der Waals surface area contributed by atoms with Crippen LogP contribution in [0.2, 0.25) is 0 Å². The predicted molar refractivity (Wildman–Crippen MR) is 145 cm³/mol. The Labute approximate surface area is 218 Å². The zero-order chi connectivity index (χ0) is 25.0. The van der Waals surface area contributed by atoms with Gasteiger partial charge in [0.2, 0.25) is 5.95 Å². The average Bonchev–Trinajstić information content (AvgIpc) is 3.61. The van der Waals surface area contributed by atoms with Crippen molar-refractivity contribution in [2.24, 2.45) is 0 Å². The molecule has 9 nitrogen and oxygen atoms in total. The van der Waals surface area contributed by atoms with Crippen molar-refractivity contribution >= 4 is 28.6 Å². The maximum Gasteiger partial charge on any atom is 0.229 e. The van der Waals surface area contributed by atoms with Crippen molar-refractivity contribution in [2.75, 3.05) is 49.7 Å². The molecule has 1 atom stereocenters. The lowest BCUT2D eigenvalue weighted by atomic mass is 10.0. The molecule has 3 fully saturated rings. The lowest BCUT2D eigenvalue weighted by Crippen LogP contribution is -2.41. The summed E-state index contributed by atoms with van der Waals surface area (Å²) in [5.41, 5.74) is 4.03. The fourth-order valence-corrected chi connectivity index (χ4v) is 6.13. The molecule has 3 aromatic rings. The molecule has 2 aliphatic heterocycles. The molecule has 1 aliphatic carbocycles. The number of benzene rings is 1. The zero-order valence-electron chi connectivity index (χ0n) is 21.7. The van der Waals surface area contributed by atoms with Crippen molar-refractivity contribution in [3.63, 3.8) is 0 Å². The summed E-state index contributed by atoms with van der Waals surface area (Å²) in [5, 5.41) is 13.3. The van der Waals surface area contributed by atoms with Gasteiger partial charge >= 0.3 is 0 Å². The minimum absolute atomic E-state index is 0.186. The van der Waals surface area contributed by atoms with Crippen LogP contribution in [0.3, 0.4) is 0 Å². The highest BCUT2D eigenvalue weighted by Crippen LogP contribution is 2.35. The van der Waals surface area contributed by atoms with Crippen LogP contribution in [0, 0.1) is 0 Å². The molecule has 0 spiro atoms. The van der Waals surface area contributed by atoms with Gasteiger partial charge in [-0.05, 0) is 56.2 Å². The highest BCUT2D eigenvalue weighted by molar-refractivity contribution is 5.86. The second-order valence-corrected chi connectivity index (χ2v) is 10.7. The van der Waals surface area contributed by atoms with Gasteiger partial charge < -0.3 is 24.6 Å². The first-order valence-corrected chi connectivity index (χ1v) is 14.1. The number of anilines is 3. The Kier molecular flexibility index (Phi) is 7.53. The van der Waals surface area contributed by atoms with Crippen molar-refractivity contribution in [3.8, 4) is 0 Å². The average molecular weight is 506 g/mol. The number of hydrogen-bond donors (Lipinski definition) is 2. The molecule has 2 aromatic heterocycles. The summed E-state index contributed by atoms with van der Waals surface area (Å²) in [4.78, 5) is 19.7. The van der Waals surface area contributed by atoms with Gasteiger partial charge in [-0.1, -0.05) is 25.0 Å². The lowest BCUT2D eigenvalue weighted by Gasteiger charge is -2.35. The molecule has 6 rings (SSSR count). The molecular weight excluding hydrogens is 466 g/mol. The van der Waals surface area contributed by atoms with E-state index in [1.54, 1.807) is 0 Å². The van der Waals surface area contributed by atoms with Gasteiger partial charge in [0.25, 0.3) is 0 Å². The molecule has 1 unspecified atom stereocenters. The van der Waals surface area contributed by atoms with Crippen LogP contribution in [0.4, 0.5) is 17.5 Å². The van der Waals surface area contributed by atoms with Crippen LogP contribution in [0.15, 0.2) is 30.6 Å². The predicted octanol–water partition coefficient (Wildman–Crippen LogP) is 4.26. The Morgan fingerprint density at radius 3 is 2.51 bits per heavy atom. The van der Waals surface area contributed by atoms with E-state index in [2.05, 4.69) is 43.9 Å². The van der Waals surface area contributed by atoms with Gasteiger partial charge in [0, 0.05) is 50.6 Å². The number of nitrogens with zero attached hydrogens (tertiary/aromatic N) is 6. The van der Waals surface area contributed by atoms with E-state index in [4.69, 9.17) is 19.7 Å². The largest absolute Gasteiger partial charge is 0.396 e. The third-order valence-corrected chi connectivity index (χ3v) is 8.20. The summed E-state index contributed by atoms with van der Waals surface area (Å²) in [6.07, 6.45) is 10.9. The van der Waals surface area contributed by atoms with Gasteiger partial charge in [-0.2, -0.15) is 9.97 Å². The molecule has 1 saturated carbocycles. The Morgan fingerprint density at radius 1 is 0.946 bits per heavy atom. The van der Waals surface area contributed by atoms with Crippen molar-refractivity contribution in [3.05, 3.63) is 36.2 Å². The van der Waals surface area contributed by atoms with Crippen molar-refractivity contribution < 1.29 is 9.84 Å². The van der Waals surface area contributed by atoms with Gasteiger partial charge in [-0.15, -0.1) is 0 Å². The molecule has 1 aromatic carbocycles. The van der Waals surface area contributed by atoms with Crippen molar-refractivity contribution in [2.45, 2.75) is 70.0 Å². The molecule has 0 bridgehead atoms. The molecule has 9 heteroatoms. The maximum atomic E-state index is 9.68. The number of aliphatic hydroxyl groups is 1. The summed E-state index contributed by atoms with van der Waals surface area (Å²) in [6.45, 7) is 5.65. The quantitative estimate of drug-likeness (QED) is 0.469. The van der Waals surface area contributed by atoms with Gasteiger partial charge in [0.1, 0.15) is 0 Å². The Hall–Kier alpha value is -2.75. The van der Waals surface area contributed by atoms with E-state index < -0.39 is 0 Å². The van der Waals surface area contributed by atoms with Gasteiger partial charge in [0.15, 0.2) is 17.0 Å². The van der Waals surface area contributed by atoms with Crippen LogP contribution in [-0.2, 0) is 11.3 Å². The first kappa shape index (κ1) is 24.6. The first-order chi connectivity index (χ1) is 18.3. The van der Waals surface area contributed by atoms with E-state index in [9.17, 15) is 5.11 Å². The lowest BCUT2D eigenvalue weighted by molar-refractivity contribution is 0.0342. The summed E-state index contributed by atoms with van der Waals surface area (Å²) >= 11 is 0. The van der Waals surface area contributed by atoms with Crippen molar-refractivity contribution in [1.29, 1.82) is 0 Å². The Bertz CT molecular complexity index is 1170. The first-order valence-electron chi connectivity index (χ1n) is 14.1. The van der Waals surface area contributed by atoms with Crippen LogP contribution in [0.1, 0.15) is 63.0 Å². The van der Waals surface area contributed by atoms with Gasteiger partial charge in [0.05, 0.1) is 19.5 Å². The minimum atomic E-state index is 0.186. The summed E-state index contributed by atoms with van der Waals surface area (Å²) in [5.74, 6) is 1.50. The smallest absolute Gasteiger partial charge is 0.229 e. The number of hydrogen-bond acceptors (Lipinski definition) is 8. The third-order valence-electron chi connectivity index (χ3n) is 8.20. The fourth-order valence-electron chi connectivity index (χ4n) is 6.13. The van der Waals surface area contributed by atoms with Crippen LogP contribution in [0.25, 0.3) is 11.2 Å². The number of morpholine rings is 1. The fraction of sp³-hybridized carbons (Fsp3) is 0.607. The maximum absolute atomic E-state index is 9.68. The molecular formula is C28H39N7O2. The monoisotopic (exact) mass is 505 g/mol. The Morgan fingerprint density at radius 2 is 1.73 bits per heavy atom. The highest BCUT2D eigenvalue weighted by Gasteiger charge is 2.27. The van der Waals surface area contributed by atoms with E-state index in [0.717, 1.165) is 87.3 Å². The molecule has 3 aliphatic rings. The second-order valence-electron chi connectivity index (χ2n) is 10.7. The molecule has 0 amide bonds. The second kappa shape index (κ2) is 11.3. The number of aromatic nitrogens is 4. The molecule has 2 saturated heterocycles. The number of fused-ring (bicyclic) bond motifs is 1. The SMILES string of the molecule is OCCC1CCCCN1c1nc(Nc2ccc(CN3CCOCC3)cc2)c2ncn(C3CCCC3)c2n1. The van der Waals surface area contributed by atoms with E-state index >= 15 is 0 Å². The van der Waals surface area contributed by atoms with E-state index in [1.807, 2.05) is 6.33 Å². The summed E-state index contributed by atoms with van der Waals surface area (Å²) < 4.78 is 7.75. The Balaban J connectivity index is 1.30. The van der Waals surface area contributed by atoms with Crippen LogP contribution >= 0.6 is 0 Å². The number of piperidine rings is 1.